The van der Waals surface area contributed by atoms with E-state index in [9.17, 15) is 18.7 Å². The van der Waals surface area contributed by atoms with Gasteiger partial charge in [0, 0.05) is 0 Å². The normalized spacial score (nSPS) is 10.3. The number of nitrogens with one attached hydrogen (secondary N) is 1. The zero-order valence-electron chi connectivity index (χ0n) is 10.1. The van der Waals surface area contributed by atoms with Gasteiger partial charge in [0.25, 0.3) is 5.91 Å². The lowest BCUT2D eigenvalue weighted by Gasteiger charge is -2.10. The van der Waals surface area contributed by atoms with Crippen molar-refractivity contribution in [3.05, 3.63) is 59.2 Å². The first kappa shape index (κ1) is 13.0. The zero-order valence-corrected chi connectivity index (χ0v) is 10.1. The number of hydrogen-bond acceptors (Lipinski definition) is 2. The van der Waals surface area contributed by atoms with Crippen LogP contribution in [0, 0.1) is 18.6 Å². The summed E-state index contributed by atoms with van der Waals surface area (Å²) in [5, 5.41) is 11.7. The molecule has 0 saturated heterocycles. The van der Waals surface area contributed by atoms with Crippen LogP contribution in [0.15, 0.2) is 36.4 Å². The Morgan fingerprint density at radius 1 is 1.11 bits per heavy atom. The van der Waals surface area contributed by atoms with Gasteiger partial charge in [-0.05, 0) is 30.7 Å². The number of carbonyl (C=O) groups is 1. The molecule has 0 bridgehead atoms. The fourth-order valence-electron chi connectivity index (χ4n) is 1.70. The summed E-state index contributed by atoms with van der Waals surface area (Å²) in [4.78, 5) is 11.9. The highest BCUT2D eigenvalue weighted by atomic mass is 19.1. The third-order valence-corrected chi connectivity index (χ3v) is 2.68. The van der Waals surface area contributed by atoms with E-state index in [0.717, 1.165) is 6.07 Å². The van der Waals surface area contributed by atoms with Crippen LogP contribution in [0.4, 0.5) is 14.5 Å². The Kier molecular flexibility index (Phi) is 3.46. The minimum Gasteiger partial charge on any atom is -0.507 e. The van der Waals surface area contributed by atoms with Gasteiger partial charge >= 0.3 is 0 Å². The van der Waals surface area contributed by atoms with Crippen molar-refractivity contribution in [2.75, 3.05) is 5.32 Å². The predicted molar refractivity (Wildman–Crippen MR) is 67.2 cm³/mol. The van der Waals surface area contributed by atoms with Gasteiger partial charge in [0.2, 0.25) is 0 Å². The summed E-state index contributed by atoms with van der Waals surface area (Å²) in [7, 11) is 0. The Hall–Kier alpha value is -2.43. The van der Waals surface area contributed by atoms with Crippen molar-refractivity contribution in [2.45, 2.75) is 6.92 Å². The molecular weight excluding hydrogens is 252 g/mol. The minimum absolute atomic E-state index is 0.0323. The van der Waals surface area contributed by atoms with Crippen LogP contribution in [0.2, 0.25) is 0 Å². The fourth-order valence-corrected chi connectivity index (χ4v) is 1.70. The number of hydrogen-bond donors (Lipinski definition) is 2. The number of para-hydroxylation sites is 1. The first-order valence-corrected chi connectivity index (χ1v) is 5.54. The summed E-state index contributed by atoms with van der Waals surface area (Å²) in [5.74, 6) is -2.88. The highest BCUT2D eigenvalue weighted by Gasteiger charge is 2.18. The first-order valence-electron chi connectivity index (χ1n) is 5.54. The van der Waals surface area contributed by atoms with E-state index in [-0.39, 0.29) is 5.69 Å². The summed E-state index contributed by atoms with van der Waals surface area (Å²) in [6, 6.07) is 7.80. The van der Waals surface area contributed by atoms with Crippen molar-refractivity contribution < 1.29 is 18.7 Å². The number of aryl methyl sites for hydroxylation is 1. The second kappa shape index (κ2) is 5.06. The van der Waals surface area contributed by atoms with Crippen molar-refractivity contribution in [2.24, 2.45) is 0 Å². The van der Waals surface area contributed by atoms with Crippen molar-refractivity contribution in [1.82, 2.24) is 0 Å². The molecule has 5 heteroatoms. The van der Waals surface area contributed by atoms with Crippen molar-refractivity contribution in [1.29, 1.82) is 0 Å². The van der Waals surface area contributed by atoms with Crippen LogP contribution in [0.3, 0.4) is 0 Å². The second-order valence-corrected chi connectivity index (χ2v) is 4.02. The van der Waals surface area contributed by atoms with Gasteiger partial charge in [0.05, 0.1) is 5.69 Å². The number of rotatable bonds is 2. The van der Waals surface area contributed by atoms with Gasteiger partial charge in [0.15, 0.2) is 0 Å². The third kappa shape index (κ3) is 2.54. The number of aromatic hydroxyl groups is 1. The van der Waals surface area contributed by atoms with Gasteiger partial charge in [0.1, 0.15) is 22.9 Å². The van der Waals surface area contributed by atoms with E-state index in [0.29, 0.717) is 5.56 Å². The Bertz CT molecular complexity index is 601. The summed E-state index contributed by atoms with van der Waals surface area (Å²) in [6.07, 6.45) is 0. The molecule has 98 valence electrons. The van der Waals surface area contributed by atoms with Crippen LogP contribution in [0.25, 0.3) is 0 Å². The molecule has 2 rings (SSSR count). The fraction of sp³-hybridized carbons (Fsp3) is 0.0714. The summed E-state index contributed by atoms with van der Waals surface area (Å²) in [6.45, 7) is 1.61. The molecule has 0 saturated carbocycles. The number of amides is 1. The van der Waals surface area contributed by atoms with E-state index in [2.05, 4.69) is 5.32 Å². The van der Waals surface area contributed by atoms with Crippen LogP contribution in [-0.4, -0.2) is 11.0 Å². The molecule has 2 N–H and O–H groups in total. The molecular formula is C14H11F2NO2. The Balaban J connectivity index is 2.37. The number of phenolic OH excluding ortho intramolecular Hbond substituents is 1. The largest absolute Gasteiger partial charge is 0.507 e. The quantitative estimate of drug-likeness (QED) is 0.873. The van der Waals surface area contributed by atoms with Crippen molar-refractivity contribution in [3.8, 4) is 5.75 Å². The van der Waals surface area contributed by atoms with Gasteiger partial charge in [-0.1, -0.05) is 18.2 Å². The summed E-state index contributed by atoms with van der Waals surface area (Å²) < 4.78 is 27.0. The molecule has 0 aliphatic heterocycles. The third-order valence-electron chi connectivity index (χ3n) is 2.68. The highest BCUT2D eigenvalue weighted by Crippen LogP contribution is 2.24. The lowest BCUT2D eigenvalue weighted by atomic mass is 10.1. The summed E-state index contributed by atoms with van der Waals surface area (Å²) >= 11 is 0. The molecule has 2 aromatic carbocycles. The molecule has 0 aliphatic rings. The van der Waals surface area contributed by atoms with E-state index in [1.54, 1.807) is 13.0 Å². The van der Waals surface area contributed by atoms with E-state index < -0.39 is 28.9 Å². The lowest BCUT2D eigenvalue weighted by Crippen LogP contribution is -2.15. The maximum absolute atomic E-state index is 13.6. The molecule has 1 amide bonds. The minimum atomic E-state index is -0.899. The number of carbonyl (C=O) groups excluding carboxylic acids is 1. The summed E-state index contributed by atoms with van der Waals surface area (Å²) in [5.41, 5.74) is -0.0375. The molecule has 0 aliphatic carbocycles. The molecule has 0 spiro atoms. The molecule has 0 unspecified atom stereocenters. The number of phenols is 1. The maximum Gasteiger partial charge on any atom is 0.262 e. The van der Waals surface area contributed by atoms with E-state index in [1.165, 1.54) is 24.3 Å². The second-order valence-electron chi connectivity index (χ2n) is 4.02. The molecule has 0 fully saturated rings. The van der Waals surface area contributed by atoms with Crippen LogP contribution >= 0.6 is 0 Å². The van der Waals surface area contributed by atoms with E-state index >= 15 is 0 Å². The molecule has 2 aromatic rings. The number of benzene rings is 2. The van der Waals surface area contributed by atoms with Gasteiger partial charge in [-0.3, -0.25) is 4.79 Å². The smallest absolute Gasteiger partial charge is 0.262 e. The Morgan fingerprint density at radius 2 is 1.74 bits per heavy atom. The van der Waals surface area contributed by atoms with Gasteiger partial charge < -0.3 is 10.4 Å². The van der Waals surface area contributed by atoms with Gasteiger partial charge in [-0.25, -0.2) is 8.78 Å². The predicted octanol–water partition coefficient (Wildman–Crippen LogP) is 3.23. The average Bonchev–Trinajstić information content (AvgIpc) is 2.34. The van der Waals surface area contributed by atoms with E-state index in [1.807, 2.05) is 0 Å². The number of anilines is 1. The van der Waals surface area contributed by atoms with Gasteiger partial charge in [-0.2, -0.15) is 0 Å². The highest BCUT2D eigenvalue weighted by molar-refractivity contribution is 6.06. The van der Waals surface area contributed by atoms with Crippen LogP contribution < -0.4 is 5.32 Å². The van der Waals surface area contributed by atoms with Crippen molar-refractivity contribution >= 4 is 11.6 Å². The monoisotopic (exact) mass is 263 g/mol. The molecule has 0 heterocycles. The molecule has 3 nitrogen and oxygen atoms in total. The molecule has 19 heavy (non-hydrogen) atoms. The Labute approximate surface area is 108 Å². The molecule has 0 radical (unpaired) electrons. The van der Waals surface area contributed by atoms with E-state index in [4.69, 9.17) is 0 Å². The lowest BCUT2D eigenvalue weighted by molar-refractivity contribution is 0.102. The van der Waals surface area contributed by atoms with Crippen LogP contribution in [-0.2, 0) is 0 Å². The van der Waals surface area contributed by atoms with Crippen molar-refractivity contribution in [3.63, 3.8) is 0 Å². The molecule has 0 atom stereocenters. The van der Waals surface area contributed by atoms with Crippen LogP contribution in [0.5, 0.6) is 5.75 Å². The standard InChI is InChI=1S/C14H11F2NO2/c1-8-4-2-6-10(16)13(8)17-14(19)12-9(15)5-3-7-11(12)18/h2-7,18H,1H3,(H,17,19). The number of halogens is 2. The van der Waals surface area contributed by atoms with Gasteiger partial charge in [-0.15, -0.1) is 0 Å². The Morgan fingerprint density at radius 3 is 2.37 bits per heavy atom. The molecule has 0 aromatic heterocycles. The first-order chi connectivity index (χ1) is 9.00. The van der Waals surface area contributed by atoms with Crippen LogP contribution in [0.1, 0.15) is 15.9 Å². The topological polar surface area (TPSA) is 49.3 Å². The SMILES string of the molecule is Cc1cccc(F)c1NC(=O)c1c(O)cccc1F. The maximum atomic E-state index is 13.6. The zero-order chi connectivity index (χ0) is 14.0. The average molecular weight is 263 g/mol.